The first-order valence-electron chi connectivity index (χ1n) is 5.72. The molecule has 0 aliphatic carbocycles. The zero-order chi connectivity index (χ0) is 13.7. The number of hydrogen-bond acceptors (Lipinski definition) is 2. The van der Waals surface area contributed by atoms with E-state index in [1.807, 2.05) is 12.1 Å². The van der Waals surface area contributed by atoms with E-state index in [0.717, 1.165) is 6.08 Å². The Morgan fingerprint density at radius 1 is 1.22 bits per heavy atom. The van der Waals surface area contributed by atoms with Gasteiger partial charge in [0.15, 0.2) is 0 Å². The fourth-order valence-corrected chi connectivity index (χ4v) is 1.43. The maximum absolute atomic E-state index is 11.6. The molecule has 1 rings (SSSR count). The summed E-state index contributed by atoms with van der Waals surface area (Å²) in [6.45, 7) is 5.65. The molecule has 0 saturated carbocycles. The van der Waals surface area contributed by atoms with Crippen molar-refractivity contribution in [2.24, 2.45) is 0 Å². The number of carbonyl (C=O) groups excluding carboxylic acids is 1. The van der Waals surface area contributed by atoms with Crippen LogP contribution in [-0.2, 0) is 9.59 Å². The van der Waals surface area contributed by atoms with E-state index in [1.165, 1.54) is 12.5 Å². The molecule has 96 valence electrons. The van der Waals surface area contributed by atoms with Crippen molar-refractivity contribution < 1.29 is 14.7 Å². The lowest BCUT2D eigenvalue weighted by atomic mass is 10.0. The number of hydrogen-bond donors (Lipinski definition) is 2. The molecular weight excluding hydrogens is 230 g/mol. The van der Waals surface area contributed by atoms with Crippen LogP contribution >= 0.6 is 0 Å². The Bertz CT molecular complexity index is 472. The predicted molar refractivity (Wildman–Crippen MR) is 70.6 cm³/mol. The van der Waals surface area contributed by atoms with Gasteiger partial charge in [0.05, 0.1) is 0 Å². The lowest BCUT2D eigenvalue weighted by Gasteiger charge is -2.08. The van der Waals surface area contributed by atoms with E-state index >= 15 is 0 Å². The third-order valence-electron chi connectivity index (χ3n) is 2.53. The highest BCUT2D eigenvalue weighted by atomic mass is 16.4. The third-order valence-corrected chi connectivity index (χ3v) is 2.53. The number of carbonyl (C=O) groups is 2. The average Bonchev–Trinajstić information content (AvgIpc) is 2.28. The zero-order valence-corrected chi connectivity index (χ0v) is 10.7. The number of anilines is 1. The molecule has 0 fully saturated rings. The molecule has 4 nitrogen and oxygen atoms in total. The molecule has 0 saturated heterocycles. The SMILES string of the molecule is C/C(=C/C(=O)O)C(=O)Nc1ccc(C(C)C)cc1. The molecule has 1 aromatic carbocycles. The second-order valence-electron chi connectivity index (χ2n) is 4.40. The maximum Gasteiger partial charge on any atom is 0.328 e. The van der Waals surface area contributed by atoms with Crippen molar-refractivity contribution in [3.05, 3.63) is 41.5 Å². The summed E-state index contributed by atoms with van der Waals surface area (Å²) in [6, 6.07) is 7.50. The Balaban J connectivity index is 2.74. The summed E-state index contributed by atoms with van der Waals surface area (Å²) in [6.07, 6.45) is 0.887. The molecule has 0 radical (unpaired) electrons. The van der Waals surface area contributed by atoms with E-state index in [1.54, 1.807) is 12.1 Å². The molecule has 0 aromatic heterocycles. The summed E-state index contributed by atoms with van der Waals surface area (Å²) in [4.78, 5) is 22.1. The standard InChI is InChI=1S/C14H17NO3/c1-9(2)11-4-6-12(7-5-11)15-14(18)10(3)8-13(16)17/h4-9H,1-3H3,(H,15,18)(H,16,17)/b10-8-. The Labute approximate surface area is 106 Å². The molecule has 0 unspecified atom stereocenters. The molecule has 2 N–H and O–H groups in total. The van der Waals surface area contributed by atoms with Crippen molar-refractivity contribution in [2.75, 3.05) is 5.32 Å². The fraction of sp³-hybridized carbons (Fsp3) is 0.286. The number of rotatable bonds is 4. The molecule has 1 amide bonds. The summed E-state index contributed by atoms with van der Waals surface area (Å²) in [5, 5.41) is 11.2. The van der Waals surface area contributed by atoms with Crippen LogP contribution in [0.5, 0.6) is 0 Å². The molecule has 0 aliphatic heterocycles. The van der Waals surface area contributed by atoms with Crippen LogP contribution in [0.2, 0.25) is 0 Å². The van der Waals surface area contributed by atoms with Crippen LogP contribution in [0.15, 0.2) is 35.9 Å². The van der Waals surface area contributed by atoms with Crippen molar-refractivity contribution in [3.8, 4) is 0 Å². The minimum absolute atomic E-state index is 0.162. The van der Waals surface area contributed by atoms with Gasteiger partial charge in [0, 0.05) is 17.3 Å². The second kappa shape index (κ2) is 6.00. The molecule has 0 spiro atoms. The van der Waals surface area contributed by atoms with Gasteiger partial charge in [0.2, 0.25) is 0 Å². The molecule has 18 heavy (non-hydrogen) atoms. The molecule has 0 atom stereocenters. The number of nitrogens with one attached hydrogen (secondary N) is 1. The average molecular weight is 247 g/mol. The normalized spacial score (nSPS) is 11.4. The van der Waals surface area contributed by atoms with Crippen molar-refractivity contribution in [1.82, 2.24) is 0 Å². The first kappa shape index (κ1) is 14.0. The van der Waals surface area contributed by atoms with E-state index in [-0.39, 0.29) is 5.57 Å². The molecular formula is C14H17NO3. The van der Waals surface area contributed by atoms with Crippen LogP contribution in [0.4, 0.5) is 5.69 Å². The van der Waals surface area contributed by atoms with Gasteiger partial charge >= 0.3 is 5.97 Å². The Kier molecular flexibility index (Phi) is 4.66. The summed E-state index contributed by atoms with van der Waals surface area (Å²) >= 11 is 0. The predicted octanol–water partition coefficient (Wildman–Crippen LogP) is 2.78. The van der Waals surface area contributed by atoms with Crippen LogP contribution in [-0.4, -0.2) is 17.0 Å². The van der Waals surface area contributed by atoms with Gasteiger partial charge in [-0.15, -0.1) is 0 Å². The van der Waals surface area contributed by atoms with E-state index in [4.69, 9.17) is 5.11 Å². The van der Waals surface area contributed by atoms with Crippen LogP contribution in [0, 0.1) is 0 Å². The first-order chi connectivity index (χ1) is 8.40. The van der Waals surface area contributed by atoms with Crippen molar-refractivity contribution >= 4 is 17.6 Å². The smallest absolute Gasteiger partial charge is 0.328 e. The third kappa shape index (κ3) is 4.05. The van der Waals surface area contributed by atoms with Crippen LogP contribution in [0.25, 0.3) is 0 Å². The minimum atomic E-state index is -1.13. The number of carboxylic acids is 1. The fourth-order valence-electron chi connectivity index (χ4n) is 1.43. The Morgan fingerprint density at radius 3 is 2.22 bits per heavy atom. The number of benzene rings is 1. The number of amides is 1. The van der Waals surface area contributed by atoms with Crippen LogP contribution < -0.4 is 5.32 Å². The Hall–Kier alpha value is -2.10. The highest BCUT2D eigenvalue weighted by molar-refractivity contribution is 6.06. The van der Waals surface area contributed by atoms with Gasteiger partial charge in [0.1, 0.15) is 0 Å². The summed E-state index contributed by atoms with van der Waals surface area (Å²) in [5.74, 6) is -1.10. The summed E-state index contributed by atoms with van der Waals surface area (Å²) in [7, 11) is 0. The van der Waals surface area contributed by atoms with Gasteiger partial charge in [-0.1, -0.05) is 26.0 Å². The summed E-state index contributed by atoms with van der Waals surface area (Å²) in [5.41, 5.74) is 2.00. The topological polar surface area (TPSA) is 66.4 Å². The summed E-state index contributed by atoms with van der Waals surface area (Å²) < 4.78 is 0. The van der Waals surface area contributed by atoms with Crippen LogP contribution in [0.1, 0.15) is 32.3 Å². The highest BCUT2D eigenvalue weighted by Crippen LogP contribution is 2.17. The van der Waals surface area contributed by atoms with Crippen LogP contribution in [0.3, 0.4) is 0 Å². The van der Waals surface area contributed by atoms with Gasteiger partial charge in [0.25, 0.3) is 5.91 Å². The van der Waals surface area contributed by atoms with Gasteiger partial charge in [-0.05, 0) is 30.5 Å². The van der Waals surface area contributed by atoms with Gasteiger partial charge < -0.3 is 10.4 Å². The maximum atomic E-state index is 11.6. The quantitative estimate of drug-likeness (QED) is 0.804. The molecule has 0 aliphatic rings. The van der Waals surface area contributed by atoms with Crippen molar-refractivity contribution in [2.45, 2.75) is 26.7 Å². The number of aliphatic carboxylic acids is 1. The monoisotopic (exact) mass is 247 g/mol. The first-order valence-corrected chi connectivity index (χ1v) is 5.72. The van der Waals surface area contributed by atoms with Gasteiger partial charge in [-0.2, -0.15) is 0 Å². The van der Waals surface area contributed by atoms with Gasteiger partial charge in [-0.3, -0.25) is 4.79 Å². The highest BCUT2D eigenvalue weighted by Gasteiger charge is 2.07. The van der Waals surface area contributed by atoms with Crippen molar-refractivity contribution in [3.63, 3.8) is 0 Å². The van der Waals surface area contributed by atoms with E-state index < -0.39 is 11.9 Å². The zero-order valence-electron chi connectivity index (χ0n) is 10.7. The van der Waals surface area contributed by atoms with E-state index in [2.05, 4.69) is 19.2 Å². The largest absolute Gasteiger partial charge is 0.478 e. The van der Waals surface area contributed by atoms with Crippen molar-refractivity contribution in [1.29, 1.82) is 0 Å². The Morgan fingerprint density at radius 2 is 1.78 bits per heavy atom. The molecule has 0 bridgehead atoms. The molecule has 0 heterocycles. The molecule has 4 heteroatoms. The minimum Gasteiger partial charge on any atom is -0.478 e. The number of carboxylic acid groups (broad SMARTS) is 1. The lowest BCUT2D eigenvalue weighted by molar-refractivity contribution is -0.131. The lowest BCUT2D eigenvalue weighted by Crippen LogP contribution is -2.13. The second-order valence-corrected chi connectivity index (χ2v) is 4.40. The van der Waals surface area contributed by atoms with E-state index in [0.29, 0.717) is 11.6 Å². The van der Waals surface area contributed by atoms with Gasteiger partial charge in [-0.25, -0.2) is 4.79 Å². The molecule has 1 aromatic rings. The van der Waals surface area contributed by atoms with E-state index in [9.17, 15) is 9.59 Å².